The molecule has 1 atom stereocenters. The van der Waals surface area contributed by atoms with Crippen LogP contribution < -0.4 is 16.0 Å². The number of ether oxygens (including phenoxy) is 1. The van der Waals surface area contributed by atoms with Crippen LogP contribution in [0.5, 0.6) is 5.75 Å². The number of benzene rings is 1. The average molecular weight is 387 g/mol. The van der Waals surface area contributed by atoms with Crippen LogP contribution >= 0.6 is 0 Å². The minimum Gasteiger partial charge on any atom is -0.496 e. The van der Waals surface area contributed by atoms with Gasteiger partial charge in [-0.1, -0.05) is 0 Å². The minimum atomic E-state index is -0.863. The number of methoxy groups -OCH3 is 1. The summed E-state index contributed by atoms with van der Waals surface area (Å²) in [6, 6.07) is 4.83. The first-order valence-electron chi connectivity index (χ1n) is 8.55. The standard InChI is InChI=1S/C20H19F2N3O3/c1-10-14-6-12(7-18(23)26)20(27)25(16(14)4-5-17(10)28-3)11(2)19-15(22)8-13(21)9-24-19/h4-6,8-9,11H,7H2,1-3H3,(H2,23,26)/t11-/m1/s1. The number of amides is 1. The van der Waals surface area contributed by atoms with Gasteiger partial charge in [-0.05, 0) is 32.0 Å². The number of carbonyl (C=O) groups excluding carboxylic acids is 1. The second-order valence-corrected chi connectivity index (χ2v) is 6.51. The maximum atomic E-state index is 14.3. The Hall–Kier alpha value is -3.29. The molecule has 0 aliphatic heterocycles. The van der Waals surface area contributed by atoms with E-state index in [0.717, 1.165) is 11.8 Å². The molecule has 0 saturated carbocycles. The van der Waals surface area contributed by atoms with Crippen molar-refractivity contribution in [3.63, 3.8) is 0 Å². The molecule has 3 rings (SSSR count). The first-order valence-corrected chi connectivity index (χ1v) is 8.55. The van der Waals surface area contributed by atoms with Gasteiger partial charge in [0.05, 0.1) is 37.0 Å². The molecular weight excluding hydrogens is 368 g/mol. The highest BCUT2D eigenvalue weighted by molar-refractivity contribution is 5.87. The van der Waals surface area contributed by atoms with Crippen LogP contribution in [0.25, 0.3) is 10.9 Å². The Morgan fingerprint density at radius 2 is 2.04 bits per heavy atom. The van der Waals surface area contributed by atoms with E-state index in [0.29, 0.717) is 22.7 Å². The van der Waals surface area contributed by atoms with E-state index in [1.54, 1.807) is 25.1 Å². The molecule has 0 radical (unpaired) electrons. The van der Waals surface area contributed by atoms with Gasteiger partial charge in [-0.15, -0.1) is 0 Å². The number of aryl methyl sites for hydroxylation is 1. The summed E-state index contributed by atoms with van der Waals surface area (Å²) >= 11 is 0. The van der Waals surface area contributed by atoms with Gasteiger partial charge in [0, 0.05) is 22.6 Å². The fourth-order valence-electron chi connectivity index (χ4n) is 3.36. The summed E-state index contributed by atoms with van der Waals surface area (Å²) < 4.78 is 34.2. The second kappa shape index (κ2) is 7.38. The lowest BCUT2D eigenvalue weighted by Gasteiger charge is -2.21. The molecule has 1 amide bonds. The van der Waals surface area contributed by atoms with Crippen molar-refractivity contribution >= 4 is 16.8 Å². The van der Waals surface area contributed by atoms with E-state index in [4.69, 9.17) is 10.5 Å². The summed E-state index contributed by atoms with van der Waals surface area (Å²) in [4.78, 5) is 28.3. The van der Waals surface area contributed by atoms with Crippen LogP contribution in [-0.4, -0.2) is 22.6 Å². The SMILES string of the molecule is COc1ccc2c(cc(CC(N)=O)c(=O)n2[C@H](C)c2ncc(F)cc2F)c1C. The van der Waals surface area contributed by atoms with Gasteiger partial charge in [0.2, 0.25) is 5.91 Å². The number of fused-ring (bicyclic) bond motifs is 1. The highest BCUT2D eigenvalue weighted by atomic mass is 19.1. The second-order valence-electron chi connectivity index (χ2n) is 6.51. The molecule has 1 aromatic carbocycles. The van der Waals surface area contributed by atoms with E-state index < -0.39 is 29.1 Å². The summed E-state index contributed by atoms with van der Waals surface area (Å²) in [6.07, 6.45) is 0.626. The van der Waals surface area contributed by atoms with E-state index in [1.807, 2.05) is 6.92 Å². The maximum Gasteiger partial charge on any atom is 0.255 e. The summed E-state index contributed by atoms with van der Waals surface area (Å²) in [6.45, 7) is 3.39. The van der Waals surface area contributed by atoms with Crippen molar-refractivity contribution in [1.82, 2.24) is 9.55 Å². The van der Waals surface area contributed by atoms with Crippen LogP contribution in [0.3, 0.4) is 0 Å². The van der Waals surface area contributed by atoms with Crippen LogP contribution in [0.4, 0.5) is 8.78 Å². The average Bonchev–Trinajstić information content (AvgIpc) is 2.62. The Balaban J connectivity index is 2.36. The van der Waals surface area contributed by atoms with E-state index in [2.05, 4.69) is 4.98 Å². The lowest BCUT2D eigenvalue weighted by Crippen LogP contribution is -2.30. The van der Waals surface area contributed by atoms with Gasteiger partial charge in [0.25, 0.3) is 5.56 Å². The molecule has 0 aliphatic carbocycles. The summed E-state index contributed by atoms with van der Waals surface area (Å²) in [5.74, 6) is -1.74. The molecule has 2 N–H and O–H groups in total. The normalized spacial score (nSPS) is 12.2. The summed E-state index contributed by atoms with van der Waals surface area (Å²) in [5, 5.41) is 0.657. The van der Waals surface area contributed by atoms with E-state index in [1.165, 1.54) is 11.7 Å². The summed E-state index contributed by atoms with van der Waals surface area (Å²) in [5.41, 5.74) is 6.13. The van der Waals surface area contributed by atoms with Crippen molar-refractivity contribution in [3.8, 4) is 5.75 Å². The molecule has 0 unspecified atom stereocenters. The molecule has 6 nitrogen and oxygen atoms in total. The van der Waals surface area contributed by atoms with Crippen molar-refractivity contribution in [1.29, 1.82) is 0 Å². The monoisotopic (exact) mass is 387 g/mol. The van der Waals surface area contributed by atoms with Crippen molar-refractivity contribution in [2.45, 2.75) is 26.3 Å². The van der Waals surface area contributed by atoms with Crippen LogP contribution in [0, 0.1) is 18.6 Å². The quantitative estimate of drug-likeness (QED) is 0.729. The molecule has 2 heterocycles. The summed E-state index contributed by atoms with van der Waals surface area (Å²) in [7, 11) is 1.52. The van der Waals surface area contributed by atoms with Gasteiger partial charge in [-0.2, -0.15) is 0 Å². The molecule has 3 aromatic rings. The molecule has 0 aliphatic rings. The number of hydrogen-bond acceptors (Lipinski definition) is 4. The highest BCUT2D eigenvalue weighted by Crippen LogP contribution is 2.30. The minimum absolute atomic E-state index is 0.0884. The Morgan fingerprint density at radius 3 is 2.64 bits per heavy atom. The van der Waals surface area contributed by atoms with Crippen molar-refractivity contribution in [2.24, 2.45) is 5.73 Å². The lowest BCUT2D eigenvalue weighted by atomic mass is 10.0. The van der Waals surface area contributed by atoms with Gasteiger partial charge in [0.1, 0.15) is 17.4 Å². The van der Waals surface area contributed by atoms with Gasteiger partial charge in [-0.3, -0.25) is 19.1 Å². The molecule has 0 bridgehead atoms. The first-order chi connectivity index (χ1) is 13.2. The molecule has 8 heteroatoms. The smallest absolute Gasteiger partial charge is 0.255 e. The van der Waals surface area contributed by atoms with E-state index >= 15 is 0 Å². The van der Waals surface area contributed by atoms with E-state index in [9.17, 15) is 18.4 Å². The third-order valence-corrected chi connectivity index (χ3v) is 4.72. The predicted octanol–water partition coefficient (Wildman–Crippen LogP) is 2.63. The number of primary amides is 1. The number of aromatic nitrogens is 2. The van der Waals surface area contributed by atoms with Gasteiger partial charge < -0.3 is 10.5 Å². The molecular formula is C20H19F2N3O3. The molecule has 28 heavy (non-hydrogen) atoms. The zero-order valence-electron chi connectivity index (χ0n) is 15.6. The van der Waals surface area contributed by atoms with Crippen molar-refractivity contribution < 1.29 is 18.3 Å². The Labute approximate surface area is 159 Å². The molecule has 2 aromatic heterocycles. The Bertz CT molecular complexity index is 1140. The number of hydrogen-bond donors (Lipinski definition) is 1. The molecule has 146 valence electrons. The lowest BCUT2D eigenvalue weighted by molar-refractivity contribution is -0.117. The van der Waals surface area contributed by atoms with Crippen molar-refractivity contribution in [2.75, 3.05) is 7.11 Å². The van der Waals surface area contributed by atoms with Crippen molar-refractivity contribution in [3.05, 3.63) is 69.3 Å². The topological polar surface area (TPSA) is 87.2 Å². The van der Waals surface area contributed by atoms with Crippen LogP contribution in [0.2, 0.25) is 0 Å². The number of carbonyl (C=O) groups is 1. The fourth-order valence-corrected chi connectivity index (χ4v) is 3.36. The zero-order valence-corrected chi connectivity index (χ0v) is 15.6. The number of pyridine rings is 2. The van der Waals surface area contributed by atoms with Gasteiger partial charge >= 0.3 is 0 Å². The highest BCUT2D eigenvalue weighted by Gasteiger charge is 2.22. The zero-order chi connectivity index (χ0) is 20.6. The van der Waals surface area contributed by atoms with Crippen LogP contribution in [-0.2, 0) is 11.2 Å². The third-order valence-electron chi connectivity index (χ3n) is 4.72. The molecule has 0 spiro atoms. The number of nitrogens with two attached hydrogens (primary N) is 1. The Morgan fingerprint density at radius 1 is 1.32 bits per heavy atom. The maximum absolute atomic E-state index is 14.3. The van der Waals surface area contributed by atoms with Crippen LogP contribution in [0.1, 0.15) is 29.8 Å². The predicted molar refractivity (Wildman–Crippen MR) is 100 cm³/mol. The number of nitrogens with zero attached hydrogens (tertiary/aromatic N) is 2. The number of rotatable bonds is 5. The van der Waals surface area contributed by atoms with E-state index in [-0.39, 0.29) is 17.7 Å². The first kappa shape index (κ1) is 19.5. The molecule has 0 saturated heterocycles. The van der Waals surface area contributed by atoms with Crippen LogP contribution in [0.15, 0.2) is 35.3 Å². The fraction of sp³-hybridized carbons (Fsp3) is 0.250. The molecule has 0 fully saturated rings. The van der Waals surface area contributed by atoms with Gasteiger partial charge in [0.15, 0.2) is 0 Å². The Kier molecular flexibility index (Phi) is 5.13. The largest absolute Gasteiger partial charge is 0.496 e. The van der Waals surface area contributed by atoms with Gasteiger partial charge in [-0.25, -0.2) is 8.78 Å². The third kappa shape index (κ3) is 3.33. The number of halogens is 2.